The molecule has 7 nitrogen and oxygen atoms in total. The first-order chi connectivity index (χ1) is 15.6. The lowest BCUT2D eigenvalue weighted by atomic mass is 9.68. The number of nitrogens with zero attached hydrogens (tertiary/aromatic N) is 3. The Kier molecular flexibility index (Phi) is 5.99. The van der Waals surface area contributed by atoms with E-state index in [0.717, 1.165) is 52.4 Å². The fourth-order valence-electron chi connectivity index (χ4n) is 4.71. The lowest BCUT2D eigenvalue weighted by Gasteiger charge is -2.37. The Morgan fingerprint density at radius 3 is 2.64 bits per heavy atom. The van der Waals surface area contributed by atoms with E-state index in [1.807, 2.05) is 24.3 Å². The predicted octanol–water partition coefficient (Wildman–Crippen LogP) is 3.53. The molecule has 0 bridgehead atoms. The van der Waals surface area contributed by atoms with Crippen LogP contribution >= 0.6 is 0 Å². The molecule has 3 aromatic rings. The summed E-state index contributed by atoms with van der Waals surface area (Å²) in [6, 6.07) is 8.96. The summed E-state index contributed by atoms with van der Waals surface area (Å²) < 4.78 is 8.04. The molecule has 0 N–H and O–H groups in total. The van der Waals surface area contributed by atoms with Crippen molar-refractivity contribution in [1.29, 1.82) is 0 Å². The summed E-state index contributed by atoms with van der Waals surface area (Å²) in [5.74, 6) is -0.00425. The van der Waals surface area contributed by atoms with Crippen LogP contribution in [0, 0.1) is 11.3 Å². The van der Waals surface area contributed by atoms with Crippen molar-refractivity contribution in [1.82, 2.24) is 14.1 Å². The second-order valence-electron chi connectivity index (χ2n) is 9.66. The fourth-order valence-corrected chi connectivity index (χ4v) is 4.71. The van der Waals surface area contributed by atoms with E-state index in [-0.39, 0.29) is 12.0 Å². The molecule has 0 radical (unpaired) electrons. The summed E-state index contributed by atoms with van der Waals surface area (Å²) in [6.45, 7) is 6.62. The first-order valence-corrected chi connectivity index (χ1v) is 11.5. The fraction of sp³-hybridized carbons (Fsp3) is 0.462. The molecular weight excluding hydrogens is 418 g/mol. The Morgan fingerprint density at radius 2 is 1.91 bits per heavy atom. The van der Waals surface area contributed by atoms with Gasteiger partial charge in [-0.3, -0.25) is 18.9 Å². The number of carbonyl (C=O) groups excluding carboxylic acids is 1. The molecule has 1 aliphatic rings. The van der Waals surface area contributed by atoms with Crippen LogP contribution in [0.2, 0.25) is 0 Å². The molecule has 174 valence electrons. The number of ether oxygens (including phenoxy) is 1. The van der Waals surface area contributed by atoms with Gasteiger partial charge in [0.15, 0.2) is 0 Å². The summed E-state index contributed by atoms with van der Waals surface area (Å²) in [5, 5.41) is 0.772. The van der Waals surface area contributed by atoms with Crippen LogP contribution in [-0.4, -0.2) is 20.1 Å². The zero-order chi connectivity index (χ0) is 23.9. The number of fused-ring (bicyclic) bond motifs is 2. The van der Waals surface area contributed by atoms with E-state index in [0.29, 0.717) is 17.2 Å². The van der Waals surface area contributed by atoms with Gasteiger partial charge in [0.05, 0.1) is 16.8 Å². The number of pyridine rings is 1. The summed E-state index contributed by atoms with van der Waals surface area (Å²) in [5.41, 5.74) is 2.89. The van der Waals surface area contributed by atoms with E-state index in [9.17, 15) is 14.4 Å². The molecule has 4 rings (SSSR count). The zero-order valence-electron chi connectivity index (χ0n) is 20.0. The normalized spacial score (nSPS) is 16.0. The van der Waals surface area contributed by atoms with E-state index < -0.39 is 17.2 Å². The Hall–Kier alpha value is -3.22. The second kappa shape index (κ2) is 8.61. The van der Waals surface area contributed by atoms with E-state index >= 15 is 0 Å². The summed E-state index contributed by atoms with van der Waals surface area (Å²) in [6.07, 6.45) is 3.72. The Labute approximate surface area is 193 Å². The second-order valence-corrected chi connectivity index (χ2v) is 9.66. The summed E-state index contributed by atoms with van der Waals surface area (Å²) >= 11 is 0. The molecule has 1 aromatic carbocycles. The van der Waals surface area contributed by atoms with Crippen molar-refractivity contribution in [3.8, 4) is 0 Å². The van der Waals surface area contributed by atoms with Crippen LogP contribution in [0.25, 0.3) is 10.9 Å². The van der Waals surface area contributed by atoms with Crippen molar-refractivity contribution in [2.24, 2.45) is 25.4 Å². The molecule has 1 aliphatic carbocycles. The number of aromatic nitrogens is 3. The topological polar surface area (TPSA) is 83.2 Å². The number of benzene rings is 1. The largest absolute Gasteiger partial charge is 0.456 e. The Morgan fingerprint density at radius 1 is 1.18 bits per heavy atom. The smallest absolute Gasteiger partial charge is 0.339 e. The van der Waals surface area contributed by atoms with Crippen LogP contribution in [0.5, 0.6) is 0 Å². The maximum Gasteiger partial charge on any atom is 0.339 e. The van der Waals surface area contributed by atoms with Crippen molar-refractivity contribution in [3.63, 3.8) is 0 Å². The van der Waals surface area contributed by atoms with Gasteiger partial charge in [0.1, 0.15) is 6.61 Å². The summed E-state index contributed by atoms with van der Waals surface area (Å²) in [7, 11) is 2.98. The average molecular weight is 450 g/mol. The lowest BCUT2D eigenvalue weighted by Crippen LogP contribution is -2.38. The SMILES string of the molecule is CCC(C)(C)C1CCc2nc3ccccc3c(C(=O)OCc3cc(=O)n(C)c(=O)n3C)c2C1. The van der Waals surface area contributed by atoms with Gasteiger partial charge in [0, 0.05) is 31.2 Å². The minimum atomic E-state index is -0.454. The van der Waals surface area contributed by atoms with E-state index in [2.05, 4.69) is 20.8 Å². The standard InChI is InChI=1S/C26H31N3O4/c1-6-26(2,3)16-11-12-21-19(13-16)23(18-9-7-8-10-20(18)27-21)24(31)33-15-17-14-22(30)29(5)25(32)28(17)4/h7-10,14,16H,6,11-13,15H2,1-5H3. The molecule has 0 saturated heterocycles. The quantitative estimate of drug-likeness (QED) is 0.557. The minimum Gasteiger partial charge on any atom is -0.456 e. The molecule has 1 atom stereocenters. The van der Waals surface area contributed by atoms with Crippen LogP contribution in [-0.2, 0) is 38.3 Å². The number of para-hydroxylation sites is 1. The van der Waals surface area contributed by atoms with Gasteiger partial charge in [-0.15, -0.1) is 0 Å². The molecule has 33 heavy (non-hydrogen) atoms. The highest BCUT2D eigenvalue weighted by atomic mass is 16.5. The maximum absolute atomic E-state index is 13.5. The molecule has 0 saturated carbocycles. The van der Waals surface area contributed by atoms with Gasteiger partial charge in [-0.2, -0.15) is 0 Å². The van der Waals surface area contributed by atoms with Gasteiger partial charge in [-0.25, -0.2) is 9.59 Å². The average Bonchev–Trinajstić information content (AvgIpc) is 2.81. The van der Waals surface area contributed by atoms with Crippen molar-refractivity contribution >= 4 is 16.9 Å². The van der Waals surface area contributed by atoms with Crippen LogP contribution < -0.4 is 11.2 Å². The highest BCUT2D eigenvalue weighted by Gasteiger charge is 2.34. The highest BCUT2D eigenvalue weighted by Crippen LogP contribution is 2.41. The van der Waals surface area contributed by atoms with Gasteiger partial charge < -0.3 is 4.74 Å². The Bertz CT molecular complexity index is 1350. The summed E-state index contributed by atoms with van der Waals surface area (Å²) in [4.78, 5) is 42.6. The molecule has 1 unspecified atom stereocenters. The zero-order valence-corrected chi connectivity index (χ0v) is 20.0. The molecule has 0 amide bonds. The minimum absolute atomic E-state index is 0.157. The first-order valence-electron chi connectivity index (χ1n) is 11.5. The predicted molar refractivity (Wildman–Crippen MR) is 127 cm³/mol. The maximum atomic E-state index is 13.5. The van der Waals surface area contributed by atoms with Crippen molar-refractivity contribution in [2.45, 2.75) is 53.1 Å². The third-order valence-corrected chi connectivity index (χ3v) is 7.46. The first kappa shape index (κ1) is 23.0. The van der Waals surface area contributed by atoms with E-state index in [1.54, 1.807) is 7.05 Å². The molecule has 0 fully saturated rings. The van der Waals surface area contributed by atoms with Crippen LogP contribution in [0.15, 0.2) is 39.9 Å². The molecular formula is C26H31N3O4. The lowest BCUT2D eigenvalue weighted by molar-refractivity contribution is 0.0461. The van der Waals surface area contributed by atoms with Gasteiger partial charge in [0.2, 0.25) is 0 Å². The highest BCUT2D eigenvalue weighted by molar-refractivity contribution is 6.05. The molecule has 0 spiro atoms. The Balaban J connectivity index is 1.74. The van der Waals surface area contributed by atoms with Crippen LogP contribution in [0.1, 0.15) is 60.9 Å². The van der Waals surface area contributed by atoms with Crippen LogP contribution in [0.3, 0.4) is 0 Å². The van der Waals surface area contributed by atoms with E-state index in [1.165, 1.54) is 17.7 Å². The molecule has 2 heterocycles. The van der Waals surface area contributed by atoms with Crippen molar-refractivity contribution in [3.05, 3.63) is 73.7 Å². The molecule has 2 aromatic heterocycles. The number of esters is 1. The number of hydrogen-bond acceptors (Lipinski definition) is 5. The van der Waals surface area contributed by atoms with Crippen molar-refractivity contribution < 1.29 is 9.53 Å². The molecule has 0 aliphatic heterocycles. The van der Waals surface area contributed by atoms with Gasteiger partial charge in [-0.1, -0.05) is 45.4 Å². The van der Waals surface area contributed by atoms with Gasteiger partial charge in [0.25, 0.3) is 5.56 Å². The number of carbonyl (C=O) groups is 1. The third-order valence-electron chi connectivity index (χ3n) is 7.46. The monoisotopic (exact) mass is 449 g/mol. The number of aryl methyl sites for hydroxylation is 1. The van der Waals surface area contributed by atoms with Gasteiger partial charge >= 0.3 is 11.7 Å². The van der Waals surface area contributed by atoms with Crippen LogP contribution in [0.4, 0.5) is 0 Å². The number of rotatable bonds is 5. The van der Waals surface area contributed by atoms with E-state index in [4.69, 9.17) is 9.72 Å². The molecule has 7 heteroatoms. The number of hydrogen-bond donors (Lipinski definition) is 0. The van der Waals surface area contributed by atoms with Crippen molar-refractivity contribution in [2.75, 3.05) is 0 Å². The van der Waals surface area contributed by atoms with Gasteiger partial charge in [-0.05, 0) is 42.2 Å². The third kappa shape index (κ3) is 4.12.